The molecule has 0 bridgehead atoms. The summed E-state index contributed by atoms with van der Waals surface area (Å²) in [6.07, 6.45) is 15.7. The summed E-state index contributed by atoms with van der Waals surface area (Å²) in [6, 6.07) is 92.8. The maximum absolute atomic E-state index is 10.6. The second-order valence-electron chi connectivity index (χ2n) is 27.4. The molecule has 0 amide bonds. The number of benzene rings is 12. The molecule has 0 aromatic heterocycles. The van der Waals surface area contributed by atoms with Crippen LogP contribution in [0.15, 0.2) is 369 Å². The van der Waals surface area contributed by atoms with Crippen molar-refractivity contribution in [3.63, 3.8) is 0 Å². The van der Waals surface area contributed by atoms with Gasteiger partial charge < -0.3 is 36.3 Å². The van der Waals surface area contributed by atoms with Crippen LogP contribution in [0.4, 0.5) is 102 Å². The molecule has 12 aromatic carbocycles. The SMILES string of the molecule is CCCCc1ccc(N=Nc2ccc(N)cc2)cc1.CCCCc1ccc(N=Nc2ccc(N=Nc3ccc(CCCO)cc3)cc2)cc1.CCCCc1ccc(N=Nc2ccc(N=Nc3ccc(N)cc3)cc2)cc1.CCCCc1ccc(N=Nc2ccc(N=Nc3ccc(NCS(=O)(=O)[O-])cc3)cc2)cc1.O=S(=O)([O-])CNc1ccccc1.[Na+].[Na+]. The number of nitrogens with zero attached hydrogens (tertiary/aromatic N) is 14. The van der Waals surface area contributed by atoms with Crippen molar-refractivity contribution in [2.24, 2.45) is 71.6 Å². The summed E-state index contributed by atoms with van der Waals surface area (Å²) in [4.78, 5) is 0. The first-order valence-corrected chi connectivity index (χ1v) is 42.9. The third-order valence-corrected chi connectivity index (χ3v) is 18.4. The van der Waals surface area contributed by atoms with Gasteiger partial charge in [0.2, 0.25) is 0 Å². The quantitative estimate of drug-likeness (QED) is 0.0108. The first-order valence-electron chi connectivity index (χ1n) is 39.8. The molecule has 12 rings (SSSR count). The molecule has 0 saturated heterocycles. The van der Waals surface area contributed by atoms with Crippen LogP contribution in [0.3, 0.4) is 0 Å². The minimum absolute atomic E-state index is 0. The summed E-state index contributed by atoms with van der Waals surface area (Å²) >= 11 is 0. The number of nitrogens with two attached hydrogens (primary N) is 2. The maximum Gasteiger partial charge on any atom is 1.00 e. The maximum atomic E-state index is 10.6. The summed E-state index contributed by atoms with van der Waals surface area (Å²) in [6.45, 7) is 9.00. The molecule has 7 N–H and O–H groups in total. The molecular weight excluding hydrogens is 1590 g/mol. The fraction of sp³-hybridized carbons (Fsp3) is 0.226. The van der Waals surface area contributed by atoms with Crippen molar-refractivity contribution in [3.05, 3.63) is 325 Å². The van der Waals surface area contributed by atoms with Gasteiger partial charge in [0.1, 0.15) is 32.0 Å². The molecular formula is C93H102N18Na2O7S2. The second kappa shape index (κ2) is 56.4. The molecule has 12 aromatic rings. The molecule has 25 nitrogen and oxygen atoms in total. The molecule has 0 atom stereocenters. The van der Waals surface area contributed by atoms with Gasteiger partial charge in [-0.05, 0) is 310 Å². The van der Waals surface area contributed by atoms with Gasteiger partial charge in [-0.1, -0.05) is 132 Å². The van der Waals surface area contributed by atoms with Crippen molar-refractivity contribution in [3.8, 4) is 0 Å². The van der Waals surface area contributed by atoms with Gasteiger partial charge in [0, 0.05) is 29.4 Å². The molecule has 0 radical (unpaired) electrons. The Hall–Kier alpha value is -11.2. The Kier molecular flexibility index (Phi) is 46.1. The van der Waals surface area contributed by atoms with Crippen LogP contribution >= 0.6 is 0 Å². The van der Waals surface area contributed by atoms with Crippen LogP contribution in [0.25, 0.3) is 0 Å². The molecule has 0 aliphatic carbocycles. The first-order chi connectivity index (χ1) is 58.2. The van der Waals surface area contributed by atoms with Gasteiger partial charge in [0.25, 0.3) is 0 Å². The third kappa shape index (κ3) is 41.9. The second-order valence-corrected chi connectivity index (χ2v) is 30.2. The van der Waals surface area contributed by atoms with Gasteiger partial charge in [-0.2, -0.15) is 71.6 Å². The number of para-hydroxylation sites is 1. The number of hydrogen-bond donors (Lipinski definition) is 5. The summed E-state index contributed by atoms with van der Waals surface area (Å²) in [5.41, 5.74) is 31.1. The van der Waals surface area contributed by atoms with Crippen LogP contribution < -0.4 is 81.2 Å². The van der Waals surface area contributed by atoms with E-state index in [0.29, 0.717) is 34.1 Å². The minimum atomic E-state index is -4.32. The van der Waals surface area contributed by atoms with Crippen molar-refractivity contribution in [1.29, 1.82) is 0 Å². The van der Waals surface area contributed by atoms with Gasteiger partial charge in [-0.3, -0.25) is 0 Å². The summed E-state index contributed by atoms with van der Waals surface area (Å²) in [5.74, 6) is -1.24. The van der Waals surface area contributed by atoms with E-state index >= 15 is 0 Å². The molecule has 0 aliphatic heterocycles. The summed E-state index contributed by atoms with van der Waals surface area (Å²) in [5, 5.41) is 73.2. The molecule has 0 spiro atoms. The normalized spacial score (nSPS) is 11.3. The molecule has 0 aliphatic rings. The van der Waals surface area contributed by atoms with E-state index in [4.69, 9.17) is 16.6 Å². The van der Waals surface area contributed by atoms with Crippen LogP contribution in [0, 0.1) is 0 Å². The van der Waals surface area contributed by atoms with Crippen LogP contribution in [0.5, 0.6) is 0 Å². The number of nitrogen functional groups attached to an aromatic ring is 2. The van der Waals surface area contributed by atoms with Crippen LogP contribution in [0.2, 0.25) is 0 Å². The zero-order chi connectivity index (χ0) is 85.3. The topological polar surface area (TPSA) is 384 Å². The Morgan fingerprint density at radius 3 is 0.598 bits per heavy atom. The molecule has 0 unspecified atom stereocenters. The largest absolute Gasteiger partial charge is 1.00 e. The fourth-order valence-electron chi connectivity index (χ4n) is 10.6. The van der Waals surface area contributed by atoms with Gasteiger partial charge in [0.05, 0.1) is 79.6 Å². The average molecular weight is 1690 g/mol. The number of hydrogen-bond acceptors (Lipinski definition) is 25. The number of unbranched alkanes of at least 4 members (excludes halogenated alkanes) is 4. The standard InChI is InChI=1S/C25H28N4O.C23H25N5O3S.C22H23N5.C16H19N3.C7H9NO3S.2Na/c1-2-3-5-20-7-11-22(12-8-20)26-28-24-15-17-25(18-16-24)29-27-23-13-9-21(10-14-23)6-4-19-30;1-2-3-4-18-5-7-20(8-6-18)25-27-22-13-15-23(16-14-22)28-26-21-11-9-19(10-12-21)24-17-32(29,30)31;1-2-3-4-17-5-9-19(10-6-17)24-26-21-13-15-22(16-14-21)27-25-20-11-7-18(23)8-12-20;1-2-3-4-13-5-9-15(10-6-13)18-19-16-11-7-14(17)8-12-16;9-12(10,11)6-8-7-4-2-1-3-5-7;;/h7-18,30H,2-6,19H2,1H3;5-16,24H,2-4,17H2,1H3,(H,29,30,31);5-16H,2-4,23H2,1H3;5-12H,2-4,17H2,1H3;1-5,8H,6H2,(H,9,10,11);;/q;;;;;2*+1/p-2. The number of nitrogens with one attached hydrogen (secondary N) is 2. The Bertz CT molecular complexity index is 5340. The molecule has 122 heavy (non-hydrogen) atoms. The van der Waals surface area contributed by atoms with Gasteiger partial charge >= 0.3 is 59.1 Å². The predicted octanol–water partition coefficient (Wildman–Crippen LogP) is 21.6. The van der Waals surface area contributed by atoms with Gasteiger partial charge in [-0.25, -0.2) is 16.8 Å². The fourth-order valence-corrected chi connectivity index (χ4v) is 11.3. The van der Waals surface area contributed by atoms with Crippen molar-refractivity contribution < 1.29 is 90.2 Å². The number of azo groups is 7. The average Bonchev–Trinajstić information content (AvgIpc) is 0.879. The van der Waals surface area contributed by atoms with E-state index in [2.05, 4.69) is 158 Å². The minimum Gasteiger partial charge on any atom is -0.747 e. The smallest absolute Gasteiger partial charge is 0.747 e. The molecule has 0 fully saturated rings. The van der Waals surface area contributed by atoms with Crippen LogP contribution in [0.1, 0.15) is 113 Å². The number of anilines is 4. The molecule has 29 heteroatoms. The molecule has 0 saturated carbocycles. The van der Waals surface area contributed by atoms with Crippen LogP contribution in [-0.2, 0) is 52.3 Å². The van der Waals surface area contributed by atoms with Crippen molar-refractivity contribution in [2.45, 2.75) is 118 Å². The zero-order valence-corrected chi connectivity index (χ0v) is 75.6. The Balaban J connectivity index is 0.000000242. The van der Waals surface area contributed by atoms with E-state index in [0.717, 1.165) is 107 Å². The molecule has 620 valence electrons. The van der Waals surface area contributed by atoms with Crippen LogP contribution in [-0.4, -0.2) is 49.4 Å². The van der Waals surface area contributed by atoms with E-state index in [-0.39, 0.29) is 65.7 Å². The van der Waals surface area contributed by atoms with E-state index in [1.807, 2.05) is 170 Å². The summed E-state index contributed by atoms with van der Waals surface area (Å²) in [7, 11) is -8.51. The van der Waals surface area contributed by atoms with E-state index in [1.165, 1.54) is 79.2 Å². The molecule has 0 heterocycles. The third-order valence-electron chi connectivity index (χ3n) is 17.4. The number of aliphatic hydroxyl groups excluding tert-OH is 1. The van der Waals surface area contributed by atoms with E-state index < -0.39 is 32.0 Å². The Morgan fingerprint density at radius 2 is 0.418 bits per heavy atom. The first kappa shape index (κ1) is 99.6. The number of aryl methyl sites for hydroxylation is 5. The number of aliphatic hydroxyl groups is 1. The van der Waals surface area contributed by atoms with E-state index in [9.17, 15) is 25.9 Å². The Morgan fingerprint density at radius 1 is 0.254 bits per heavy atom. The predicted molar refractivity (Wildman–Crippen MR) is 482 cm³/mol. The zero-order valence-electron chi connectivity index (χ0n) is 69.9. The Labute approximate surface area is 761 Å². The summed E-state index contributed by atoms with van der Waals surface area (Å²) < 4.78 is 62.5. The van der Waals surface area contributed by atoms with Crippen molar-refractivity contribution in [1.82, 2.24) is 0 Å². The van der Waals surface area contributed by atoms with E-state index in [1.54, 1.807) is 78.9 Å². The van der Waals surface area contributed by atoms with Gasteiger partial charge in [0.15, 0.2) is 0 Å². The number of rotatable bonds is 35. The van der Waals surface area contributed by atoms with Crippen molar-refractivity contribution in [2.75, 3.05) is 40.5 Å². The van der Waals surface area contributed by atoms with Crippen molar-refractivity contribution >= 4 is 123 Å². The monoisotopic (exact) mass is 1690 g/mol. The van der Waals surface area contributed by atoms with Gasteiger partial charge in [-0.15, -0.1) is 0 Å².